The van der Waals surface area contributed by atoms with Crippen LogP contribution < -0.4 is 25.4 Å². The van der Waals surface area contributed by atoms with Crippen LogP contribution in [-0.4, -0.2) is 53.8 Å². The average Bonchev–Trinajstić information content (AvgIpc) is 3.49. The van der Waals surface area contributed by atoms with Crippen molar-refractivity contribution in [2.24, 2.45) is 0 Å². The fourth-order valence-electron chi connectivity index (χ4n) is 4.23. The lowest BCUT2D eigenvalue weighted by Crippen LogP contribution is -2.35. The largest absolute Gasteiger partial charge is 0.489 e. The maximum absolute atomic E-state index is 12.9. The maximum atomic E-state index is 12.9. The second kappa shape index (κ2) is 12.7. The molecule has 2 aromatic heterocycles. The fraction of sp³-hybridized carbons (Fsp3) is 0.286. The lowest BCUT2D eigenvalue weighted by Gasteiger charge is -2.17. The van der Waals surface area contributed by atoms with Gasteiger partial charge < -0.3 is 30.2 Å². The van der Waals surface area contributed by atoms with Gasteiger partial charge in [-0.05, 0) is 55.8 Å². The molecule has 1 atom stereocenters. The number of hydrogen-bond acceptors (Lipinski definition) is 9. The molecule has 4 aromatic rings. The number of pyridine rings is 1. The molecule has 0 radical (unpaired) electrons. The number of anilines is 3. The molecule has 11 heteroatoms. The van der Waals surface area contributed by atoms with Crippen LogP contribution in [0.2, 0.25) is 5.02 Å². The first-order chi connectivity index (χ1) is 19.1. The van der Waals surface area contributed by atoms with Crippen LogP contribution in [-0.2, 0) is 16.1 Å². The van der Waals surface area contributed by atoms with Gasteiger partial charge in [0.15, 0.2) is 0 Å². The number of fused-ring (bicyclic) bond motifs is 1. The smallest absolute Gasteiger partial charge is 0.241 e. The van der Waals surface area contributed by atoms with Crippen LogP contribution in [0.5, 0.6) is 11.5 Å². The molecule has 1 aliphatic rings. The van der Waals surface area contributed by atoms with Crippen LogP contribution >= 0.6 is 11.6 Å². The predicted octanol–water partition coefficient (Wildman–Crippen LogP) is 4.72. The van der Waals surface area contributed by atoms with Crippen molar-refractivity contribution in [2.45, 2.75) is 25.5 Å². The van der Waals surface area contributed by atoms with E-state index in [4.69, 9.17) is 25.8 Å². The van der Waals surface area contributed by atoms with Crippen LogP contribution in [0.1, 0.15) is 18.5 Å². The number of methoxy groups -OCH3 is 1. The summed E-state index contributed by atoms with van der Waals surface area (Å²) < 4.78 is 16.9. The topological polar surface area (TPSA) is 120 Å². The second-order valence-electron chi connectivity index (χ2n) is 8.95. The molecule has 0 spiro atoms. The van der Waals surface area contributed by atoms with Crippen LogP contribution in [0.15, 0.2) is 61.1 Å². The average molecular weight is 549 g/mol. The number of rotatable bonds is 11. The summed E-state index contributed by atoms with van der Waals surface area (Å²) in [6.45, 7) is 1.87. The highest BCUT2D eigenvalue weighted by Crippen LogP contribution is 2.35. The molecule has 0 aliphatic carbocycles. The van der Waals surface area contributed by atoms with E-state index in [1.165, 1.54) is 6.33 Å². The fourth-order valence-corrected chi connectivity index (χ4v) is 4.47. The van der Waals surface area contributed by atoms with Crippen LogP contribution in [0, 0.1) is 0 Å². The van der Waals surface area contributed by atoms with Crippen LogP contribution in [0.4, 0.5) is 17.2 Å². The normalized spacial score (nSPS) is 14.8. The number of amides is 1. The number of halogens is 1. The molecule has 10 nitrogen and oxygen atoms in total. The zero-order chi connectivity index (χ0) is 27.0. The third kappa shape index (κ3) is 6.72. The molecule has 0 unspecified atom stereocenters. The highest BCUT2D eigenvalue weighted by atomic mass is 35.5. The highest BCUT2D eigenvalue weighted by molar-refractivity contribution is 6.32. The Kier molecular flexibility index (Phi) is 8.67. The molecular formula is C28H29ClN6O4. The van der Waals surface area contributed by atoms with Gasteiger partial charge in [0.05, 0.1) is 34.6 Å². The number of carbonyl (C=O) groups is 1. The first-order valence-corrected chi connectivity index (χ1v) is 13.0. The summed E-state index contributed by atoms with van der Waals surface area (Å²) in [5.41, 5.74) is 2.71. The Morgan fingerprint density at radius 1 is 1.08 bits per heavy atom. The standard InChI is InChI=1S/C28H29ClN6O4/c1-37-11-12-38-26-15-23-20(14-24(26)35-28(36)22-6-4-10-31-22)27(33-17-32-23)34-18-7-8-25(21(29)13-18)39-16-19-5-2-3-9-30-19/h2-3,5,7-9,13-15,17,22,31H,4,6,10-12,16H2,1H3,(H,35,36)(H,32,33,34)/t22-/m1/s1. The minimum Gasteiger partial charge on any atom is -0.489 e. The molecule has 1 amide bonds. The SMILES string of the molecule is COCCOc1cc2ncnc(Nc3ccc(OCc4ccccn4)c(Cl)c3)c2cc1NC(=O)[C@H]1CCCN1. The molecule has 0 bridgehead atoms. The number of nitrogens with zero attached hydrogens (tertiary/aromatic N) is 3. The number of benzene rings is 2. The van der Waals surface area contributed by atoms with E-state index in [0.717, 1.165) is 25.1 Å². The second-order valence-corrected chi connectivity index (χ2v) is 9.35. The van der Waals surface area contributed by atoms with Gasteiger partial charge >= 0.3 is 0 Å². The summed E-state index contributed by atoms with van der Waals surface area (Å²) in [6, 6.07) is 14.4. The van der Waals surface area contributed by atoms with E-state index in [9.17, 15) is 4.79 Å². The minimum atomic E-state index is -0.238. The van der Waals surface area contributed by atoms with Crippen molar-refractivity contribution in [1.29, 1.82) is 0 Å². The summed E-state index contributed by atoms with van der Waals surface area (Å²) in [7, 11) is 1.61. The number of hydrogen-bond donors (Lipinski definition) is 3. The zero-order valence-electron chi connectivity index (χ0n) is 21.4. The Hall–Kier alpha value is -3.99. The lowest BCUT2D eigenvalue weighted by molar-refractivity contribution is -0.117. The molecule has 1 fully saturated rings. The lowest BCUT2D eigenvalue weighted by atomic mass is 10.1. The van der Waals surface area contributed by atoms with Crippen LogP contribution in [0.3, 0.4) is 0 Å². The van der Waals surface area contributed by atoms with Gasteiger partial charge in [0.1, 0.15) is 36.9 Å². The van der Waals surface area contributed by atoms with Crippen molar-refractivity contribution in [2.75, 3.05) is 37.5 Å². The van der Waals surface area contributed by atoms with Gasteiger partial charge in [-0.15, -0.1) is 0 Å². The third-order valence-corrected chi connectivity index (χ3v) is 6.51. The molecular weight excluding hydrogens is 520 g/mol. The van der Waals surface area contributed by atoms with Gasteiger partial charge in [-0.25, -0.2) is 9.97 Å². The number of aromatic nitrogens is 3. The first kappa shape index (κ1) is 26.6. The van der Waals surface area contributed by atoms with E-state index in [2.05, 4.69) is 30.9 Å². The van der Waals surface area contributed by atoms with E-state index in [0.29, 0.717) is 64.4 Å². The van der Waals surface area contributed by atoms with Crippen molar-refractivity contribution >= 4 is 45.6 Å². The van der Waals surface area contributed by atoms with Crippen molar-refractivity contribution < 1.29 is 19.0 Å². The highest BCUT2D eigenvalue weighted by Gasteiger charge is 2.23. The van der Waals surface area contributed by atoms with Gasteiger partial charge in [-0.3, -0.25) is 9.78 Å². The minimum absolute atomic E-state index is 0.108. The van der Waals surface area contributed by atoms with Crippen molar-refractivity contribution in [1.82, 2.24) is 20.3 Å². The van der Waals surface area contributed by atoms with Crippen molar-refractivity contribution in [3.8, 4) is 11.5 Å². The van der Waals surface area contributed by atoms with Crippen LogP contribution in [0.25, 0.3) is 10.9 Å². The molecule has 3 heterocycles. The maximum Gasteiger partial charge on any atom is 0.241 e. The molecule has 3 N–H and O–H groups in total. The summed E-state index contributed by atoms with van der Waals surface area (Å²) in [6.07, 6.45) is 4.94. The third-order valence-electron chi connectivity index (χ3n) is 6.21. The van der Waals surface area contributed by atoms with E-state index in [-0.39, 0.29) is 11.9 Å². The van der Waals surface area contributed by atoms with Gasteiger partial charge in [0, 0.05) is 30.4 Å². The Balaban J connectivity index is 1.38. The summed E-state index contributed by atoms with van der Waals surface area (Å²) in [5.74, 6) is 1.50. The molecule has 5 rings (SSSR count). The molecule has 0 saturated carbocycles. The Morgan fingerprint density at radius 3 is 2.77 bits per heavy atom. The summed E-state index contributed by atoms with van der Waals surface area (Å²) >= 11 is 6.51. The van der Waals surface area contributed by atoms with Crippen molar-refractivity contribution in [3.05, 3.63) is 71.8 Å². The molecule has 1 saturated heterocycles. The summed E-state index contributed by atoms with van der Waals surface area (Å²) in [5, 5.41) is 10.7. The number of ether oxygens (including phenoxy) is 3. The molecule has 2 aromatic carbocycles. The Labute approximate surface area is 231 Å². The van der Waals surface area contributed by atoms with Gasteiger partial charge in [-0.1, -0.05) is 17.7 Å². The quantitative estimate of drug-likeness (QED) is 0.229. The zero-order valence-corrected chi connectivity index (χ0v) is 22.2. The Morgan fingerprint density at radius 2 is 2.00 bits per heavy atom. The monoisotopic (exact) mass is 548 g/mol. The van der Waals surface area contributed by atoms with Gasteiger partial charge in [0.2, 0.25) is 5.91 Å². The predicted molar refractivity (Wildman–Crippen MR) is 150 cm³/mol. The van der Waals surface area contributed by atoms with E-state index in [1.54, 1.807) is 31.5 Å². The molecule has 39 heavy (non-hydrogen) atoms. The summed E-state index contributed by atoms with van der Waals surface area (Å²) in [4.78, 5) is 26.0. The van der Waals surface area contributed by atoms with E-state index in [1.807, 2.05) is 30.3 Å². The van der Waals surface area contributed by atoms with Gasteiger partial charge in [0.25, 0.3) is 0 Å². The number of carbonyl (C=O) groups excluding carboxylic acids is 1. The van der Waals surface area contributed by atoms with E-state index >= 15 is 0 Å². The molecule has 1 aliphatic heterocycles. The first-order valence-electron chi connectivity index (χ1n) is 12.6. The number of nitrogens with one attached hydrogen (secondary N) is 3. The Bertz CT molecular complexity index is 1430. The molecule has 202 valence electrons. The van der Waals surface area contributed by atoms with E-state index < -0.39 is 0 Å². The van der Waals surface area contributed by atoms with Gasteiger partial charge in [-0.2, -0.15) is 0 Å². The van der Waals surface area contributed by atoms with Crippen molar-refractivity contribution in [3.63, 3.8) is 0 Å².